The Labute approximate surface area is 81.2 Å². The molecule has 3 heteroatoms. The van der Waals surface area contributed by atoms with Gasteiger partial charge in [0.05, 0.1) is 6.61 Å². The highest BCUT2D eigenvalue weighted by atomic mass is 16.5. The maximum atomic E-state index is 5.75. The van der Waals surface area contributed by atoms with Crippen molar-refractivity contribution in [3.63, 3.8) is 0 Å². The van der Waals surface area contributed by atoms with E-state index in [0.717, 1.165) is 13.2 Å². The van der Waals surface area contributed by atoms with Crippen LogP contribution >= 0.6 is 0 Å². The molecular weight excluding hydrogens is 164 g/mol. The van der Waals surface area contributed by atoms with E-state index in [0.29, 0.717) is 12.1 Å². The highest BCUT2D eigenvalue weighted by molar-refractivity contribution is 4.81. The van der Waals surface area contributed by atoms with E-state index in [2.05, 4.69) is 11.8 Å². The molecule has 78 valence electrons. The van der Waals surface area contributed by atoms with E-state index in [1.165, 1.54) is 25.8 Å². The summed E-state index contributed by atoms with van der Waals surface area (Å²) in [6.07, 6.45) is 3.90. The predicted molar refractivity (Wildman–Crippen MR) is 54.7 cm³/mol. The average molecular weight is 186 g/mol. The highest BCUT2D eigenvalue weighted by Gasteiger charge is 2.24. The maximum absolute atomic E-state index is 5.75. The van der Waals surface area contributed by atoms with Crippen LogP contribution < -0.4 is 5.73 Å². The summed E-state index contributed by atoms with van der Waals surface area (Å²) >= 11 is 0. The van der Waals surface area contributed by atoms with Gasteiger partial charge >= 0.3 is 0 Å². The Morgan fingerprint density at radius 1 is 1.54 bits per heavy atom. The predicted octanol–water partition coefficient (Wildman–Crippen LogP) is 0.835. The van der Waals surface area contributed by atoms with Gasteiger partial charge in [-0.1, -0.05) is 6.42 Å². The molecule has 0 spiro atoms. The van der Waals surface area contributed by atoms with Gasteiger partial charge in [-0.25, -0.2) is 0 Å². The highest BCUT2D eigenvalue weighted by Crippen LogP contribution is 2.18. The van der Waals surface area contributed by atoms with Crippen molar-refractivity contribution in [3.05, 3.63) is 0 Å². The molecule has 1 rings (SSSR count). The summed E-state index contributed by atoms with van der Waals surface area (Å²) in [5.74, 6) is 0. The lowest BCUT2D eigenvalue weighted by Gasteiger charge is -2.39. The van der Waals surface area contributed by atoms with Crippen LogP contribution in [0.2, 0.25) is 0 Å². The fraction of sp³-hybridized carbons (Fsp3) is 1.00. The third-order valence-corrected chi connectivity index (χ3v) is 2.92. The molecule has 0 aromatic carbocycles. The van der Waals surface area contributed by atoms with E-state index in [4.69, 9.17) is 10.5 Å². The summed E-state index contributed by atoms with van der Waals surface area (Å²) in [7, 11) is 1.76. The zero-order valence-electron chi connectivity index (χ0n) is 8.83. The van der Waals surface area contributed by atoms with Gasteiger partial charge in [-0.3, -0.25) is 4.90 Å². The molecule has 2 N–H and O–H groups in total. The fourth-order valence-corrected chi connectivity index (χ4v) is 2.19. The van der Waals surface area contributed by atoms with Crippen LogP contribution in [0.4, 0.5) is 0 Å². The van der Waals surface area contributed by atoms with Gasteiger partial charge in [0.1, 0.15) is 0 Å². The first-order valence-electron chi connectivity index (χ1n) is 5.24. The van der Waals surface area contributed by atoms with Crippen molar-refractivity contribution in [1.82, 2.24) is 4.90 Å². The van der Waals surface area contributed by atoms with Crippen LogP contribution in [-0.2, 0) is 4.74 Å². The number of nitrogens with zero attached hydrogens (tertiary/aromatic N) is 1. The quantitative estimate of drug-likeness (QED) is 0.707. The molecule has 1 heterocycles. The molecule has 3 nitrogen and oxygen atoms in total. The first kappa shape index (κ1) is 11.0. The van der Waals surface area contributed by atoms with Crippen molar-refractivity contribution in [1.29, 1.82) is 0 Å². The van der Waals surface area contributed by atoms with Crippen molar-refractivity contribution < 1.29 is 4.74 Å². The standard InChI is InChI=1S/C10H22N2O/c1-9(8-13-2)12-6-4-3-5-10(12)7-11/h9-10H,3-8,11H2,1-2H3. The number of likely N-dealkylation sites (tertiary alicyclic amines) is 1. The average Bonchev–Trinajstić information content (AvgIpc) is 2.18. The van der Waals surface area contributed by atoms with Crippen LogP contribution in [0.3, 0.4) is 0 Å². The zero-order valence-corrected chi connectivity index (χ0v) is 8.83. The minimum absolute atomic E-state index is 0.513. The van der Waals surface area contributed by atoms with Crippen LogP contribution in [0, 0.1) is 0 Å². The SMILES string of the molecule is COCC(C)N1CCCCC1CN. The topological polar surface area (TPSA) is 38.5 Å². The van der Waals surface area contributed by atoms with E-state index in [9.17, 15) is 0 Å². The molecule has 0 bridgehead atoms. The Kier molecular flexibility index (Phi) is 4.70. The molecule has 0 amide bonds. The van der Waals surface area contributed by atoms with Crippen molar-refractivity contribution in [2.24, 2.45) is 5.73 Å². The molecule has 0 aromatic heterocycles. The van der Waals surface area contributed by atoms with E-state index < -0.39 is 0 Å². The number of hydrogen-bond acceptors (Lipinski definition) is 3. The molecule has 1 saturated heterocycles. The monoisotopic (exact) mass is 186 g/mol. The number of rotatable bonds is 4. The Morgan fingerprint density at radius 2 is 2.31 bits per heavy atom. The molecule has 13 heavy (non-hydrogen) atoms. The van der Waals surface area contributed by atoms with Crippen LogP contribution in [0.15, 0.2) is 0 Å². The van der Waals surface area contributed by atoms with Crippen LogP contribution in [0.25, 0.3) is 0 Å². The van der Waals surface area contributed by atoms with Crippen LogP contribution in [0.1, 0.15) is 26.2 Å². The third-order valence-electron chi connectivity index (χ3n) is 2.92. The number of nitrogens with two attached hydrogens (primary N) is 1. The smallest absolute Gasteiger partial charge is 0.0615 e. The van der Waals surface area contributed by atoms with Crippen molar-refractivity contribution in [3.8, 4) is 0 Å². The summed E-state index contributed by atoms with van der Waals surface area (Å²) < 4.78 is 5.17. The Bertz CT molecular complexity index is 141. The number of methoxy groups -OCH3 is 1. The van der Waals surface area contributed by atoms with E-state index in [1.54, 1.807) is 7.11 Å². The van der Waals surface area contributed by atoms with Crippen LogP contribution in [0.5, 0.6) is 0 Å². The molecule has 1 aliphatic heterocycles. The van der Waals surface area contributed by atoms with E-state index in [1.807, 2.05) is 0 Å². The second-order valence-corrected chi connectivity index (χ2v) is 3.93. The number of ether oxygens (including phenoxy) is 1. The third kappa shape index (κ3) is 2.93. The molecule has 0 saturated carbocycles. The van der Waals surface area contributed by atoms with Gasteiger partial charge in [0, 0.05) is 25.7 Å². The number of piperidine rings is 1. The summed E-state index contributed by atoms with van der Waals surface area (Å²) in [4.78, 5) is 2.49. The van der Waals surface area contributed by atoms with Crippen molar-refractivity contribution in [2.75, 3.05) is 26.8 Å². The minimum Gasteiger partial charge on any atom is -0.383 e. The van der Waals surface area contributed by atoms with Gasteiger partial charge in [0.25, 0.3) is 0 Å². The van der Waals surface area contributed by atoms with Crippen molar-refractivity contribution in [2.45, 2.75) is 38.3 Å². The second kappa shape index (κ2) is 5.58. The van der Waals surface area contributed by atoms with E-state index in [-0.39, 0.29) is 0 Å². The van der Waals surface area contributed by atoms with Gasteiger partial charge in [-0.2, -0.15) is 0 Å². The molecule has 0 radical (unpaired) electrons. The van der Waals surface area contributed by atoms with E-state index >= 15 is 0 Å². The van der Waals surface area contributed by atoms with Crippen LogP contribution in [-0.4, -0.2) is 43.8 Å². The first-order valence-corrected chi connectivity index (χ1v) is 5.24. The Hall–Kier alpha value is -0.120. The van der Waals surface area contributed by atoms with Gasteiger partial charge < -0.3 is 10.5 Å². The summed E-state index contributed by atoms with van der Waals surface area (Å²) in [6, 6.07) is 1.10. The normalized spacial score (nSPS) is 27.5. The lowest BCUT2D eigenvalue weighted by molar-refractivity contribution is 0.0519. The largest absolute Gasteiger partial charge is 0.383 e. The fourth-order valence-electron chi connectivity index (χ4n) is 2.19. The molecule has 2 unspecified atom stereocenters. The lowest BCUT2D eigenvalue weighted by Crippen LogP contribution is -2.49. The summed E-state index contributed by atoms with van der Waals surface area (Å²) in [5.41, 5.74) is 5.75. The number of hydrogen-bond donors (Lipinski definition) is 1. The van der Waals surface area contributed by atoms with Crippen molar-refractivity contribution >= 4 is 0 Å². The molecule has 2 atom stereocenters. The molecular formula is C10H22N2O. The lowest BCUT2D eigenvalue weighted by atomic mass is 10.0. The summed E-state index contributed by atoms with van der Waals surface area (Å²) in [5, 5.41) is 0. The van der Waals surface area contributed by atoms with Gasteiger partial charge in [0.2, 0.25) is 0 Å². The van der Waals surface area contributed by atoms with Gasteiger partial charge in [0.15, 0.2) is 0 Å². The zero-order chi connectivity index (χ0) is 9.68. The molecule has 0 aromatic rings. The Morgan fingerprint density at radius 3 is 2.92 bits per heavy atom. The van der Waals surface area contributed by atoms with Gasteiger partial charge in [-0.05, 0) is 26.3 Å². The molecule has 1 aliphatic rings. The van der Waals surface area contributed by atoms with Gasteiger partial charge in [-0.15, -0.1) is 0 Å². The summed E-state index contributed by atoms with van der Waals surface area (Å²) in [6.45, 7) is 5.01. The first-order chi connectivity index (χ1) is 6.29. The Balaban J connectivity index is 2.43. The molecule has 0 aliphatic carbocycles. The maximum Gasteiger partial charge on any atom is 0.0615 e. The second-order valence-electron chi connectivity index (χ2n) is 3.93. The minimum atomic E-state index is 0.513. The molecule has 1 fully saturated rings.